The molecule has 0 heteroatoms. The Hall–Kier alpha value is 0. The first-order chi connectivity index (χ1) is 5.98. The van der Waals surface area contributed by atoms with E-state index in [1.54, 1.807) is 0 Å². The van der Waals surface area contributed by atoms with Crippen LogP contribution in [-0.2, 0) is 0 Å². The van der Waals surface area contributed by atoms with Gasteiger partial charge in [-0.1, -0.05) is 68.7 Å². The van der Waals surface area contributed by atoms with Crippen LogP contribution in [0.25, 0.3) is 0 Å². The summed E-state index contributed by atoms with van der Waals surface area (Å²) in [5, 5.41) is 0. The van der Waals surface area contributed by atoms with Crippen LogP contribution >= 0.6 is 0 Å². The molecular formula is C14H32. The van der Waals surface area contributed by atoms with Crippen molar-refractivity contribution in [1.29, 1.82) is 0 Å². The van der Waals surface area contributed by atoms with Crippen molar-refractivity contribution in [2.75, 3.05) is 0 Å². The predicted octanol–water partition coefficient (Wildman–Crippen LogP) is 5.52. The Morgan fingerprint density at radius 2 is 1.07 bits per heavy atom. The van der Waals surface area contributed by atoms with E-state index < -0.39 is 0 Å². The van der Waals surface area contributed by atoms with Crippen LogP contribution in [0.4, 0.5) is 0 Å². The van der Waals surface area contributed by atoms with Gasteiger partial charge < -0.3 is 0 Å². The van der Waals surface area contributed by atoms with Gasteiger partial charge in [-0.05, 0) is 23.2 Å². The van der Waals surface area contributed by atoms with Gasteiger partial charge in [-0.2, -0.15) is 0 Å². The summed E-state index contributed by atoms with van der Waals surface area (Å²) in [6.45, 7) is 20.3. The summed E-state index contributed by atoms with van der Waals surface area (Å²) in [4.78, 5) is 0. The van der Waals surface area contributed by atoms with Crippen LogP contribution in [0.3, 0.4) is 0 Å². The van der Waals surface area contributed by atoms with Crippen molar-refractivity contribution < 1.29 is 0 Å². The van der Waals surface area contributed by atoms with E-state index in [9.17, 15) is 0 Å². The SMILES string of the molecule is CC(C)CC(C)(C)C.CCC(C)(C)C. The second-order valence-electron chi connectivity index (χ2n) is 7.07. The standard InChI is InChI=1S/C8H18.C6H14/c1-7(2)6-8(3,4)5;1-5-6(2,3)4/h7H,6H2,1-5H3;5H2,1-4H3. The molecule has 0 aliphatic heterocycles. The van der Waals surface area contributed by atoms with Crippen LogP contribution in [0.1, 0.15) is 75.2 Å². The molecular weight excluding hydrogens is 168 g/mol. The fraction of sp³-hybridized carbons (Fsp3) is 1.00. The van der Waals surface area contributed by atoms with Crippen LogP contribution in [0, 0.1) is 16.7 Å². The van der Waals surface area contributed by atoms with Gasteiger partial charge in [0, 0.05) is 0 Å². The first kappa shape index (κ1) is 16.4. The van der Waals surface area contributed by atoms with Crippen molar-refractivity contribution in [3.63, 3.8) is 0 Å². The third-order valence-corrected chi connectivity index (χ3v) is 2.08. The minimum Gasteiger partial charge on any atom is -0.0649 e. The number of hydrogen-bond acceptors (Lipinski definition) is 0. The molecule has 0 aromatic heterocycles. The molecule has 0 aliphatic rings. The molecule has 0 spiro atoms. The zero-order valence-electron chi connectivity index (χ0n) is 12.0. The van der Waals surface area contributed by atoms with Gasteiger partial charge in [0.1, 0.15) is 0 Å². The fourth-order valence-corrected chi connectivity index (χ4v) is 1.22. The third-order valence-electron chi connectivity index (χ3n) is 2.08. The Bertz CT molecular complexity index is 118. The summed E-state index contributed by atoms with van der Waals surface area (Å²) in [7, 11) is 0. The van der Waals surface area contributed by atoms with E-state index in [1.807, 2.05) is 0 Å². The molecule has 0 atom stereocenters. The summed E-state index contributed by atoms with van der Waals surface area (Å²) in [5.41, 5.74) is 1.06. The molecule has 0 N–H and O–H groups in total. The summed E-state index contributed by atoms with van der Waals surface area (Å²) in [5.74, 6) is 0.843. The van der Waals surface area contributed by atoms with Crippen LogP contribution in [0.5, 0.6) is 0 Å². The molecule has 0 nitrogen and oxygen atoms in total. The Morgan fingerprint density at radius 1 is 0.786 bits per heavy atom. The molecule has 0 radical (unpaired) electrons. The lowest BCUT2D eigenvalue weighted by Crippen LogP contribution is -2.08. The highest BCUT2D eigenvalue weighted by Gasteiger charge is 2.11. The predicted molar refractivity (Wildman–Crippen MR) is 68.7 cm³/mol. The molecule has 88 valence electrons. The largest absolute Gasteiger partial charge is 0.0649 e. The lowest BCUT2D eigenvalue weighted by Gasteiger charge is -2.19. The minimum absolute atomic E-state index is 0.522. The van der Waals surface area contributed by atoms with Crippen LogP contribution in [0.2, 0.25) is 0 Å². The summed E-state index contributed by atoms with van der Waals surface area (Å²) < 4.78 is 0. The molecule has 0 rings (SSSR count). The summed E-state index contributed by atoms with van der Waals surface area (Å²) >= 11 is 0. The highest BCUT2D eigenvalue weighted by atomic mass is 14.2. The van der Waals surface area contributed by atoms with Crippen molar-refractivity contribution >= 4 is 0 Å². The maximum atomic E-state index is 2.28. The van der Waals surface area contributed by atoms with E-state index in [2.05, 4.69) is 62.3 Å². The highest BCUT2D eigenvalue weighted by Crippen LogP contribution is 2.23. The Labute approximate surface area is 92.5 Å². The van der Waals surface area contributed by atoms with Crippen LogP contribution < -0.4 is 0 Å². The van der Waals surface area contributed by atoms with E-state index in [0.29, 0.717) is 10.8 Å². The normalized spacial score (nSPS) is 12.4. The minimum atomic E-state index is 0.522. The second kappa shape index (κ2) is 6.48. The Morgan fingerprint density at radius 3 is 1.07 bits per heavy atom. The molecule has 0 heterocycles. The van der Waals surface area contributed by atoms with Crippen LogP contribution in [0.15, 0.2) is 0 Å². The lowest BCUT2D eigenvalue weighted by molar-refractivity contribution is 0.320. The average molecular weight is 200 g/mol. The molecule has 0 fully saturated rings. The van der Waals surface area contributed by atoms with Crippen molar-refractivity contribution in [2.45, 2.75) is 75.2 Å². The third kappa shape index (κ3) is 22.7. The zero-order chi connectivity index (χ0) is 12.0. The zero-order valence-corrected chi connectivity index (χ0v) is 12.0. The molecule has 0 aromatic rings. The number of rotatable bonds is 1. The summed E-state index contributed by atoms with van der Waals surface area (Å²) in [6, 6.07) is 0. The maximum Gasteiger partial charge on any atom is -0.0380 e. The number of hydrogen-bond donors (Lipinski definition) is 0. The molecule has 0 saturated carbocycles. The molecule has 0 unspecified atom stereocenters. The Balaban J connectivity index is 0. The van der Waals surface area contributed by atoms with E-state index in [-0.39, 0.29) is 0 Å². The van der Waals surface area contributed by atoms with E-state index in [4.69, 9.17) is 0 Å². The smallest absolute Gasteiger partial charge is 0.0380 e. The molecule has 0 amide bonds. The van der Waals surface area contributed by atoms with Crippen molar-refractivity contribution in [2.24, 2.45) is 16.7 Å². The van der Waals surface area contributed by atoms with Gasteiger partial charge in [0.05, 0.1) is 0 Å². The second-order valence-corrected chi connectivity index (χ2v) is 7.07. The quantitative estimate of drug-likeness (QED) is 0.523. The van der Waals surface area contributed by atoms with Gasteiger partial charge in [0.15, 0.2) is 0 Å². The van der Waals surface area contributed by atoms with E-state index in [0.717, 1.165) is 5.92 Å². The molecule has 0 saturated heterocycles. The highest BCUT2D eigenvalue weighted by molar-refractivity contribution is 4.62. The monoisotopic (exact) mass is 200 g/mol. The van der Waals surface area contributed by atoms with Crippen LogP contribution in [-0.4, -0.2) is 0 Å². The van der Waals surface area contributed by atoms with E-state index >= 15 is 0 Å². The van der Waals surface area contributed by atoms with Crippen molar-refractivity contribution in [3.8, 4) is 0 Å². The first-order valence-electron chi connectivity index (χ1n) is 5.98. The average Bonchev–Trinajstić information content (AvgIpc) is 1.81. The Kier molecular flexibility index (Phi) is 7.60. The molecule has 0 aromatic carbocycles. The summed E-state index contributed by atoms with van der Waals surface area (Å²) in [6.07, 6.45) is 2.60. The van der Waals surface area contributed by atoms with Gasteiger partial charge in [0.2, 0.25) is 0 Å². The van der Waals surface area contributed by atoms with Gasteiger partial charge in [-0.25, -0.2) is 0 Å². The molecule has 14 heavy (non-hydrogen) atoms. The van der Waals surface area contributed by atoms with Gasteiger partial charge in [0.25, 0.3) is 0 Å². The van der Waals surface area contributed by atoms with E-state index in [1.165, 1.54) is 12.8 Å². The topological polar surface area (TPSA) is 0 Å². The van der Waals surface area contributed by atoms with Gasteiger partial charge in [-0.3, -0.25) is 0 Å². The van der Waals surface area contributed by atoms with Gasteiger partial charge in [-0.15, -0.1) is 0 Å². The van der Waals surface area contributed by atoms with Crippen molar-refractivity contribution in [3.05, 3.63) is 0 Å². The lowest BCUT2D eigenvalue weighted by atomic mass is 9.86. The first-order valence-corrected chi connectivity index (χ1v) is 5.98. The van der Waals surface area contributed by atoms with Gasteiger partial charge >= 0.3 is 0 Å². The maximum absolute atomic E-state index is 2.28. The van der Waals surface area contributed by atoms with Crippen molar-refractivity contribution in [1.82, 2.24) is 0 Å². The fourth-order valence-electron chi connectivity index (χ4n) is 1.22. The molecule has 0 aliphatic carbocycles. The molecule has 0 bridgehead atoms.